The summed E-state index contributed by atoms with van der Waals surface area (Å²) in [6, 6.07) is -4.46. The lowest BCUT2D eigenvalue weighted by molar-refractivity contribution is -0.142. The summed E-state index contributed by atoms with van der Waals surface area (Å²) in [6.45, 7) is 0.872. The summed E-state index contributed by atoms with van der Waals surface area (Å²) < 4.78 is 0. The first-order chi connectivity index (χ1) is 18.1. The summed E-state index contributed by atoms with van der Waals surface area (Å²) in [5, 5.41) is 17.0. The molecule has 0 saturated carbocycles. The summed E-state index contributed by atoms with van der Waals surface area (Å²) in [7, 11) is 0. The van der Waals surface area contributed by atoms with Gasteiger partial charge in [-0.25, -0.2) is 9.78 Å². The molecule has 0 aliphatic rings. The molecule has 1 rings (SSSR count). The zero-order chi connectivity index (χ0) is 28.5. The predicted octanol–water partition coefficient (Wildman–Crippen LogP) is -2.66. The largest absolute Gasteiger partial charge is 0.480 e. The molecule has 0 spiro atoms. The molecule has 15 heteroatoms. The lowest BCUT2D eigenvalue weighted by Gasteiger charge is -2.25. The maximum Gasteiger partial charge on any atom is 0.326 e. The van der Waals surface area contributed by atoms with E-state index in [9.17, 15) is 29.1 Å². The van der Waals surface area contributed by atoms with E-state index in [1.54, 1.807) is 0 Å². The van der Waals surface area contributed by atoms with E-state index in [1.165, 1.54) is 12.5 Å². The number of nitrogens with two attached hydrogens (primary N) is 4. The van der Waals surface area contributed by atoms with E-state index in [0.717, 1.165) is 0 Å². The Bertz CT molecular complexity index is 896. The number of carbonyl (C=O) groups is 5. The van der Waals surface area contributed by atoms with Crippen molar-refractivity contribution in [1.29, 1.82) is 0 Å². The number of aromatic nitrogens is 2. The van der Waals surface area contributed by atoms with E-state index in [4.69, 9.17) is 22.9 Å². The fourth-order valence-corrected chi connectivity index (χ4v) is 3.59. The Hall–Kier alpha value is -3.56. The summed E-state index contributed by atoms with van der Waals surface area (Å²) in [5.41, 5.74) is 22.6. The van der Waals surface area contributed by atoms with Gasteiger partial charge in [0.05, 0.1) is 12.4 Å². The number of hydrogen-bond donors (Lipinski definition) is 9. The maximum absolute atomic E-state index is 13.2. The molecular formula is C23H41N9O6. The zero-order valence-electron chi connectivity index (χ0n) is 21.5. The van der Waals surface area contributed by atoms with Crippen LogP contribution >= 0.6 is 0 Å². The number of carboxylic acids is 1. The highest BCUT2D eigenvalue weighted by molar-refractivity contribution is 5.94. The maximum atomic E-state index is 13.2. The van der Waals surface area contributed by atoms with Crippen LogP contribution in [0.3, 0.4) is 0 Å². The van der Waals surface area contributed by atoms with Gasteiger partial charge in [0.15, 0.2) is 0 Å². The fourth-order valence-electron chi connectivity index (χ4n) is 3.59. The van der Waals surface area contributed by atoms with Crippen LogP contribution in [0.15, 0.2) is 12.5 Å². The van der Waals surface area contributed by atoms with E-state index in [2.05, 4.69) is 25.9 Å². The van der Waals surface area contributed by atoms with Crippen molar-refractivity contribution >= 4 is 29.6 Å². The van der Waals surface area contributed by atoms with Crippen LogP contribution in [-0.2, 0) is 30.4 Å². The van der Waals surface area contributed by atoms with E-state index >= 15 is 0 Å². The lowest BCUT2D eigenvalue weighted by atomic mass is 10.0. The molecule has 0 aliphatic heterocycles. The van der Waals surface area contributed by atoms with Gasteiger partial charge in [0.1, 0.15) is 18.1 Å². The lowest BCUT2D eigenvalue weighted by Crippen LogP contribution is -2.57. The number of aliphatic carboxylic acids is 1. The molecule has 4 amide bonds. The summed E-state index contributed by atoms with van der Waals surface area (Å²) in [6.07, 6.45) is 5.48. The van der Waals surface area contributed by atoms with Gasteiger partial charge >= 0.3 is 5.97 Å². The number of rotatable bonds is 20. The monoisotopic (exact) mass is 539 g/mol. The van der Waals surface area contributed by atoms with E-state index in [0.29, 0.717) is 50.9 Å². The van der Waals surface area contributed by atoms with Crippen LogP contribution in [0.4, 0.5) is 0 Å². The van der Waals surface area contributed by atoms with Crippen LogP contribution in [0.25, 0.3) is 0 Å². The number of imidazole rings is 1. The number of nitrogens with one attached hydrogen (secondary N) is 4. The molecule has 0 aliphatic carbocycles. The molecule has 214 valence electrons. The molecule has 0 saturated heterocycles. The predicted molar refractivity (Wildman–Crippen MR) is 138 cm³/mol. The molecule has 1 aromatic rings. The molecule has 15 nitrogen and oxygen atoms in total. The second-order valence-corrected chi connectivity index (χ2v) is 8.98. The topological polar surface area (TPSA) is 274 Å². The molecule has 38 heavy (non-hydrogen) atoms. The number of nitrogens with zero attached hydrogens (tertiary/aromatic N) is 1. The Labute approximate surface area is 221 Å². The Morgan fingerprint density at radius 1 is 0.842 bits per heavy atom. The van der Waals surface area contributed by atoms with Crippen molar-refractivity contribution < 1.29 is 29.1 Å². The number of carbonyl (C=O) groups excluding carboxylic acids is 4. The summed E-state index contributed by atoms with van der Waals surface area (Å²) in [4.78, 5) is 68.3. The van der Waals surface area contributed by atoms with Crippen molar-refractivity contribution in [2.75, 3.05) is 13.1 Å². The number of primary amides is 1. The standard InChI is InChI=1S/C23H41N9O6/c24-9-3-1-5-15(26)20(34)30-16(6-2-4-10-25)21(35)32-18(11-14-12-28-13-29-14)22(36)31-17(23(37)38)7-8-19(27)33/h12-13,15-18H,1-11,24-26H2,(H2,27,33)(H,28,29)(H,30,34)(H,31,36)(H,32,35)(H,37,38). The van der Waals surface area contributed by atoms with Crippen molar-refractivity contribution in [1.82, 2.24) is 25.9 Å². The second kappa shape index (κ2) is 17.8. The molecule has 4 unspecified atom stereocenters. The Kier molecular flexibility index (Phi) is 15.2. The quantitative estimate of drug-likeness (QED) is 0.0775. The molecule has 0 fully saturated rings. The van der Waals surface area contributed by atoms with E-state index in [-0.39, 0.29) is 25.7 Å². The van der Waals surface area contributed by atoms with E-state index < -0.39 is 53.8 Å². The highest BCUT2D eigenvalue weighted by atomic mass is 16.4. The van der Waals surface area contributed by atoms with Crippen molar-refractivity contribution in [3.05, 3.63) is 18.2 Å². The minimum atomic E-state index is -1.40. The Balaban J connectivity index is 3.02. The van der Waals surface area contributed by atoms with Gasteiger partial charge in [0, 0.05) is 24.7 Å². The van der Waals surface area contributed by atoms with Gasteiger partial charge in [-0.15, -0.1) is 0 Å². The molecule has 0 bridgehead atoms. The number of unbranched alkanes of at least 4 members (excludes halogenated alkanes) is 2. The number of amides is 4. The highest BCUT2D eigenvalue weighted by Gasteiger charge is 2.30. The van der Waals surface area contributed by atoms with Crippen LogP contribution in [0.5, 0.6) is 0 Å². The first-order valence-corrected chi connectivity index (χ1v) is 12.6. The molecule has 1 aromatic heterocycles. The third kappa shape index (κ3) is 12.6. The van der Waals surface area contributed by atoms with Crippen molar-refractivity contribution in [2.24, 2.45) is 22.9 Å². The average molecular weight is 540 g/mol. The third-order valence-electron chi connectivity index (χ3n) is 5.79. The zero-order valence-corrected chi connectivity index (χ0v) is 21.5. The van der Waals surface area contributed by atoms with Crippen molar-refractivity contribution in [3.63, 3.8) is 0 Å². The van der Waals surface area contributed by atoms with E-state index in [1.807, 2.05) is 0 Å². The Morgan fingerprint density at radius 2 is 1.42 bits per heavy atom. The molecule has 13 N–H and O–H groups in total. The molecular weight excluding hydrogens is 498 g/mol. The van der Waals surface area contributed by atoms with Gasteiger partial charge in [0.25, 0.3) is 0 Å². The molecule has 0 radical (unpaired) electrons. The number of aromatic amines is 1. The first-order valence-electron chi connectivity index (χ1n) is 12.6. The second-order valence-electron chi connectivity index (χ2n) is 8.98. The normalized spacial score (nSPS) is 14.1. The van der Waals surface area contributed by atoms with Crippen LogP contribution in [-0.4, -0.2) is 81.9 Å². The van der Waals surface area contributed by atoms with Crippen molar-refractivity contribution in [3.8, 4) is 0 Å². The number of H-pyrrole nitrogens is 1. The number of hydrogen-bond acceptors (Lipinski definition) is 9. The van der Waals surface area contributed by atoms with Gasteiger partial charge < -0.3 is 49.0 Å². The van der Waals surface area contributed by atoms with Gasteiger partial charge in [-0.1, -0.05) is 6.42 Å². The SMILES string of the molecule is NCCCCC(N)C(=O)NC(CCCCN)C(=O)NC(Cc1cnc[nH]1)C(=O)NC(CCC(N)=O)C(=O)O. The minimum Gasteiger partial charge on any atom is -0.480 e. The Morgan fingerprint density at radius 3 is 1.97 bits per heavy atom. The molecule has 4 atom stereocenters. The molecule has 0 aromatic carbocycles. The van der Waals surface area contributed by atoms with Gasteiger partial charge in [0.2, 0.25) is 23.6 Å². The van der Waals surface area contributed by atoms with Gasteiger partial charge in [-0.05, 0) is 51.6 Å². The summed E-state index contributed by atoms with van der Waals surface area (Å²) >= 11 is 0. The van der Waals surface area contributed by atoms with Crippen LogP contribution in [0.1, 0.15) is 57.1 Å². The molecule has 1 heterocycles. The number of carboxylic acid groups (broad SMARTS) is 1. The smallest absolute Gasteiger partial charge is 0.326 e. The van der Waals surface area contributed by atoms with Gasteiger partial charge in [-0.3, -0.25) is 19.2 Å². The highest BCUT2D eigenvalue weighted by Crippen LogP contribution is 2.07. The van der Waals surface area contributed by atoms with Crippen LogP contribution in [0.2, 0.25) is 0 Å². The van der Waals surface area contributed by atoms with Crippen LogP contribution in [0, 0.1) is 0 Å². The fraction of sp³-hybridized carbons (Fsp3) is 0.652. The third-order valence-corrected chi connectivity index (χ3v) is 5.79. The van der Waals surface area contributed by atoms with Crippen molar-refractivity contribution in [2.45, 2.75) is 82.0 Å². The van der Waals surface area contributed by atoms with Gasteiger partial charge in [-0.2, -0.15) is 0 Å². The average Bonchev–Trinajstić information content (AvgIpc) is 3.38. The first kappa shape index (κ1) is 32.5. The minimum absolute atomic E-state index is 0.0399. The summed E-state index contributed by atoms with van der Waals surface area (Å²) in [5.74, 6) is -4.03. The van der Waals surface area contributed by atoms with Crippen LogP contribution < -0.4 is 38.9 Å².